The van der Waals surface area contributed by atoms with Gasteiger partial charge in [-0.2, -0.15) is 13.2 Å². The van der Waals surface area contributed by atoms with Crippen molar-refractivity contribution in [2.75, 3.05) is 0 Å². The van der Waals surface area contributed by atoms with Crippen LogP contribution in [0.5, 0.6) is 0 Å². The van der Waals surface area contributed by atoms with E-state index in [-0.39, 0.29) is 7.85 Å². The molecule has 14 heavy (non-hydrogen) atoms. The Morgan fingerprint density at radius 2 is 1.43 bits per heavy atom. The van der Waals surface area contributed by atoms with Crippen LogP contribution in [0.1, 0.15) is 0 Å². The van der Waals surface area contributed by atoms with E-state index in [4.69, 9.17) is 10.0 Å². The zero-order chi connectivity index (χ0) is 11.2. The minimum Gasteiger partial charge on any atom is -0.423 e. The molecule has 0 bridgehead atoms. The molecular formula is C7H9B2F3O2. The van der Waals surface area contributed by atoms with Crippen molar-refractivity contribution in [1.29, 1.82) is 0 Å². The van der Waals surface area contributed by atoms with Gasteiger partial charge in [-0.1, -0.05) is 30.3 Å². The number of benzene rings is 1. The number of alkyl halides is 3. The van der Waals surface area contributed by atoms with Crippen LogP contribution in [-0.4, -0.2) is 31.1 Å². The summed E-state index contributed by atoms with van der Waals surface area (Å²) in [5, 5.41) is 17.2. The van der Waals surface area contributed by atoms with Gasteiger partial charge >= 0.3 is 13.2 Å². The predicted octanol–water partition coefficient (Wildman–Crippen LogP) is -0.494. The standard InChI is InChI=1S/C6H7BO2.CH2BF3/c8-7(9)6-4-2-1-3-5-6;2-1(3,4)5/h1-5,8-9H;2H2. The van der Waals surface area contributed by atoms with Crippen molar-refractivity contribution in [3.8, 4) is 0 Å². The molecule has 0 aliphatic carbocycles. The Morgan fingerprint density at radius 1 is 1.07 bits per heavy atom. The first-order valence-electron chi connectivity index (χ1n) is 3.78. The van der Waals surface area contributed by atoms with E-state index in [2.05, 4.69) is 0 Å². The Labute approximate surface area is 80.9 Å². The van der Waals surface area contributed by atoms with Crippen molar-refractivity contribution in [1.82, 2.24) is 0 Å². The van der Waals surface area contributed by atoms with Gasteiger partial charge in [-0.15, -0.1) is 0 Å². The van der Waals surface area contributed by atoms with E-state index in [1.54, 1.807) is 24.3 Å². The van der Waals surface area contributed by atoms with E-state index in [1.165, 1.54) is 0 Å². The second kappa shape index (κ2) is 5.72. The number of hydrogen-bond donors (Lipinski definition) is 2. The quantitative estimate of drug-likeness (QED) is 0.605. The van der Waals surface area contributed by atoms with E-state index in [0.29, 0.717) is 5.46 Å². The molecule has 0 unspecified atom stereocenters. The van der Waals surface area contributed by atoms with E-state index in [1.807, 2.05) is 6.07 Å². The van der Waals surface area contributed by atoms with Crippen LogP contribution < -0.4 is 5.46 Å². The number of rotatable bonds is 1. The zero-order valence-corrected chi connectivity index (χ0v) is 7.49. The van der Waals surface area contributed by atoms with Gasteiger partial charge in [-0.25, -0.2) is 0 Å². The van der Waals surface area contributed by atoms with Gasteiger partial charge in [0.05, 0.1) is 0 Å². The molecule has 0 saturated heterocycles. The van der Waals surface area contributed by atoms with Crippen molar-refractivity contribution in [2.24, 2.45) is 0 Å². The Morgan fingerprint density at radius 3 is 1.64 bits per heavy atom. The van der Waals surface area contributed by atoms with Gasteiger partial charge in [0, 0.05) is 0 Å². The highest BCUT2D eigenvalue weighted by molar-refractivity contribution is 6.58. The summed E-state index contributed by atoms with van der Waals surface area (Å²) in [6.45, 7) is 0. The fourth-order valence-electron chi connectivity index (χ4n) is 0.625. The normalized spacial score (nSPS) is 10.1. The molecule has 7 heteroatoms. The first-order chi connectivity index (χ1) is 6.30. The van der Waals surface area contributed by atoms with Crippen LogP contribution in [0.25, 0.3) is 0 Å². The maximum atomic E-state index is 10.4. The van der Waals surface area contributed by atoms with Gasteiger partial charge in [-0.3, -0.25) is 0 Å². The first kappa shape index (κ1) is 13.1. The maximum absolute atomic E-state index is 10.4. The Kier molecular flexibility index (Phi) is 5.34. The summed E-state index contributed by atoms with van der Waals surface area (Å²) < 4.78 is 31.1. The monoisotopic (exact) mass is 204 g/mol. The lowest BCUT2D eigenvalue weighted by Gasteiger charge is -1.94. The van der Waals surface area contributed by atoms with Crippen molar-refractivity contribution >= 4 is 20.4 Å². The smallest absolute Gasteiger partial charge is 0.423 e. The summed E-state index contributed by atoms with van der Waals surface area (Å²) in [6, 6.07) is 8.66. The molecule has 0 aliphatic heterocycles. The third-order valence-corrected chi connectivity index (χ3v) is 1.10. The highest BCUT2D eigenvalue weighted by Crippen LogP contribution is 2.05. The van der Waals surface area contributed by atoms with Gasteiger partial charge in [0.15, 0.2) is 0 Å². The molecule has 0 atom stereocenters. The van der Waals surface area contributed by atoms with Crippen molar-refractivity contribution in [3.05, 3.63) is 30.3 Å². The third kappa shape index (κ3) is 9.15. The van der Waals surface area contributed by atoms with Crippen LogP contribution in [0.15, 0.2) is 30.3 Å². The minimum absolute atomic E-state index is 0.188. The van der Waals surface area contributed by atoms with Crippen molar-refractivity contribution in [2.45, 2.75) is 6.08 Å². The summed E-state index contributed by atoms with van der Waals surface area (Å²) in [5.41, 5.74) is 0.525. The molecule has 76 valence electrons. The molecule has 0 radical (unpaired) electrons. The second-order valence-corrected chi connectivity index (χ2v) is 2.57. The molecule has 0 aliphatic rings. The molecule has 1 rings (SSSR count). The van der Waals surface area contributed by atoms with E-state index >= 15 is 0 Å². The lowest BCUT2D eigenvalue weighted by molar-refractivity contribution is -0.0429. The molecule has 2 nitrogen and oxygen atoms in total. The summed E-state index contributed by atoms with van der Waals surface area (Å²) in [7, 11) is -1.15. The number of hydrogen-bond acceptors (Lipinski definition) is 2. The van der Waals surface area contributed by atoms with Gasteiger partial charge in [-0.05, 0) is 5.46 Å². The van der Waals surface area contributed by atoms with Gasteiger partial charge in [0.1, 0.15) is 0 Å². The van der Waals surface area contributed by atoms with Crippen LogP contribution in [0.2, 0.25) is 0 Å². The summed E-state index contributed by atoms with van der Waals surface area (Å²) in [4.78, 5) is 0. The molecule has 2 N–H and O–H groups in total. The molecule has 0 amide bonds. The highest BCUT2D eigenvalue weighted by atomic mass is 19.4. The van der Waals surface area contributed by atoms with Gasteiger partial charge in [0.2, 0.25) is 7.85 Å². The van der Waals surface area contributed by atoms with Crippen molar-refractivity contribution in [3.63, 3.8) is 0 Å². The van der Waals surface area contributed by atoms with Crippen molar-refractivity contribution < 1.29 is 23.2 Å². The van der Waals surface area contributed by atoms with Crippen LogP contribution in [0.4, 0.5) is 13.2 Å². The van der Waals surface area contributed by atoms with Gasteiger partial charge < -0.3 is 10.0 Å². The molecular weight excluding hydrogens is 195 g/mol. The lowest BCUT2D eigenvalue weighted by Crippen LogP contribution is -2.29. The summed E-state index contributed by atoms with van der Waals surface area (Å²) in [6.07, 6.45) is -4.00. The number of halogens is 3. The summed E-state index contributed by atoms with van der Waals surface area (Å²) >= 11 is 0. The average molecular weight is 204 g/mol. The van der Waals surface area contributed by atoms with Crippen LogP contribution in [-0.2, 0) is 0 Å². The predicted molar refractivity (Wildman–Crippen MR) is 50.9 cm³/mol. The Hall–Kier alpha value is -0.940. The minimum atomic E-state index is -4.00. The average Bonchev–Trinajstić information content (AvgIpc) is 2.03. The summed E-state index contributed by atoms with van der Waals surface area (Å²) in [5.74, 6) is 0. The first-order valence-corrected chi connectivity index (χ1v) is 3.78. The molecule has 0 fully saturated rings. The maximum Gasteiger partial charge on any atom is 0.488 e. The SMILES string of the molecule is BC(F)(F)F.OB(O)c1ccccc1. The van der Waals surface area contributed by atoms with E-state index in [9.17, 15) is 13.2 Å². The fourth-order valence-corrected chi connectivity index (χ4v) is 0.625. The lowest BCUT2D eigenvalue weighted by atomic mass is 9.81. The van der Waals surface area contributed by atoms with Crippen LogP contribution in [0, 0.1) is 0 Å². The van der Waals surface area contributed by atoms with E-state index in [0.717, 1.165) is 0 Å². The Balaban J connectivity index is 0.000000292. The highest BCUT2D eigenvalue weighted by Gasteiger charge is 2.15. The van der Waals surface area contributed by atoms with Gasteiger partial charge in [0.25, 0.3) is 0 Å². The third-order valence-electron chi connectivity index (χ3n) is 1.10. The molecule has 1 aromatic carbocycles. The topological polar surface area (TPSA) is 40.5 Å². The molecule has 1 aromatic rings. The Bertz CT molecular complexity index is 245. The molecule has 0 spiro atoms. The molecule has 0 saturated carbocycles. The van der Waals surface area contributed by atoms with E-state index < -0.39 is 13.2 Å². The fraction of sp³-hybridized carbons (Fsp3) is 0.143. The molecule has 0 heterocycles. The van der Waals surface area contributed by atoms with Crippen LogP contribution >= 0.6 is 0 Å². The largest absolute Gasteiger partial charge is 0.488 e. The second-order valence-electron chi connectivity index (χ2n) is 2.57. The van der Waals surface area contributed by atoms with Crippen LogP contribution in [0.3, 0.4) is 0 Å². The molecule has 0 aromatic heterocycles. The zero-order valence-electron chi connectivity index (χ0n) is 7.49.